The summed E-state index contributed by atoms with van der Waals surface area (Å²) in [7, 11) is 0. The first-order chi connectivity index (χ1) is 9.25. The van der Waals surface area contributed by atoms with Crippen molar-refractivity contribution in [2.45, 2.75) is 19.3 Å². The highest BCUT2D eigenvalue weighted by Gasteiger charge is 2.11. The van der Waals surface area contributed by atoms with E-state index in [4.69, 9.17) is 0 Å². The number of nitrogens with one attached hydrogen (secondary N) is 2. The van der Waals surface area contributed by atoms with Crippen molar-refractivity contribution < 1.29 is 9.90 Å². The molecule has 0 saturated carbocycles. The third kappa shape index (κ3) is 4.28. The van der Waals surface area contributed by atoms with E-state index in [0.717, 1.165) is 31.4 Å². The largest absolute Gasteiger partial charge is 0.508 e. The molecule has 0 aromatic heterocycles. The van der Waals surface area contributed by atoms with Crippen LogP contribution in [0.5, 0.6) is 5.75 Å². The summed E-state index contributed by atoms with van der Waals surface area (Å²) in [6.07, 6.45) is 2.81. The van der Waals surface area contributed by atoms with Gasteiger partial charge in [-0.1, -0.05) is 12.1 Å². The van der Waals surface area contributed by atoms with Crippen LogP contribution in [0.3, 0.4) is 0 Å². The molecule has 0 spiro atoms. The quantitative estimate of drug-likeness (QED) is 0.751. The maximum absolute atomic E-state index is 11.9. The fraction of sp³-hybridized carbons (Fsp3) is 0.429. The number of hydrogen-bond donors (Lipinski definition) is 3. The van der Waals surface area contributed by atoms with Crippen molar-refractivity contribution in [2.24, 2.45) is 4.99 Å². The number of amides is 1. The minimum Gasteiger partial charge on any atom is -0.508 e. The molecule has 2 rings (SSSR count). The number of aromatic hydroxyl groups is 1. The molecule has 0 bridgehead atoms. The number of carbonyl (C=O) groups is 1. The average molecular weight is 261 g/mol. The van der Waals surface area contributed by atoms with Gasteiger partial charge < -0.3 is 15.7 Å². The van der Waals surface area contributed by atoms with E-state index in [1.165, 1.54) is 0 Å². The number of rotatable bonds is 4. The molecule has 5 nitrogen and oxygen atoms in total. The van der Waals surface area contributed by atoms with Gasteiger partial charge in [0.15, 0.2) is 5.84 Å². The molecule has 3 N–H and O–H groups in total. The maximum atomic E-state index is 11.9. The Morgan fingerprint density at radius 1 is 1.32 bits per heavy atom. The van der Waals surface area contributed by atoms with E-state index in [1.54, 1.807) is 12.1 Å². The molecule has 0 unspecified atom stereocenters. The highest BCUT2D eigenvalue weighted by Crippen LogP contribution is 2.09. The molecule has 102 valence electrons. The smallest absolute Gasteiger partial charge is 0.286 e. The molecule has 1 amide bonds. The first kappa shape index (κ1) is 13.4. The van der Waals surface area contributed by atoms with Crippen molar-refractivity contribution in [3.05, 3.63) is 29.8 Å². The van der Waals surface area contributed by atoms with E-state index in [-0.39, 0.29) is 11.7 Å². The summed E-state index contributed by atoms with van der Waals surface area (Å²) in [5, 5.41) is 15.1. The SMILES string of the molecule is O=C(NCCc1ccc(O)cc1)C1=NCCCCN1. The molecule has 1 aliphatic rings. The fourth-order valence-electron chi connectivity index (χ4n) is 1.91. The summed E-state index contributed by atoms with van der Waals surface area (Å²) < 4.78 is 0. The van der Waals surface area contributed by atoms with Gasteiger partial charge in [0.25, 0.3) is 5.91 Å². The van der Waals surface area contributed by atoms with Crippen LogP contribution in [0.2, 0.25) is 0 Å². The third-order valence-electron chi connectivity index (χ3n) is 3.00. The predicted molar refractivity (Wildman–Crippen MR) is 74.4 cm³/mol. The molecular weight excluding hydrogens is 242 g/mol. The first-order valence-electron chi connectivity index (χ1n) is 6.60. The van der Waals surface area contributed by atoms with E-state index in [2.05, 4.69) is 15.6 Å². The second-order valence-electron chi connectivity index (χ2n) is 4.54. The van der Waals surface area contributed by atoms with Crippen molar-refractivity contribution in [2.75, 3.05) is 19.6 Å². The Balaban J connectivity index is 1.77. The molecule has 0 aliphatic carbocycles. The van der Waals surface area contributed by atoms with Gasteiger partial charge in [0.2, 0.25) is 0 Å². The minimum atomic E-state index is -0.138. The normalized spacial score (nSPS) is 15.1. The zero-order valence-electron chi connectivity index (χ0n) is 10.9. The zero-order valence-corrected chi connectivity index (χ0v) is 10.9. The van der Waals surface area contributed by atoms with Crippen molar-refractivity contribution in [3.8, 4) is 5.75 Å². The van der Waals surface area contributed by atoms with Gasteiger partial charge in [-0.05, 0) is 37.0 Å². The number of hydrogen-bond acceptors (Lipinski definition) is 4. The van der Waals surface area contributed by atoms with Crippen LogP contribution in [0.15, 0.2) is 29.3 Å². The molecule has 0 atom stereocenters. The van der Waals surface area contributed by atoms with Gasteiger partial charge in [0, 0.05) is 19.6 Å². The Kier molecular flexibility index (Phi) is 4.78. The Morgan fingerprint density at radius 2 is 2.11 bits per heavy atom. The van der Waals surface area contributed by atoms with Crippen LogP contribution in [-0.4, -0.2) is 36.5 Å². The maximum Gasteiger partial charge on any atom is 0.286 e. The molecule has 5 heteroatoms. The number of aliphatic imine (C=N–C) groups is 1. The molecule has 19 heavy (non-hydrogen) atoms. The summed E-state index contributed by atoms with van der Waals surface area (Å²) >= 11 is 0. The van der Waals surface area contributed by atoms with Crippen LogP contribution >= 0.6 is 0 Å². The van der Waals surface area contributed by atoms with Crippen molar-refractivity contribution in [1.82, 2.24) is 10.6 Å². The summed E-state index contributed by atoms with van der Waals surface area (Å²) in [6, 6.07) is 6.99. The van der Waals surface area contributed by atoms with Gasteiger partial charge in [-0.25, -0.2) is 0 Å². The number of phenols is 1. The van der Waals surface area contributed by atoms with Gasteiger partial charge in [-0.2, -0.15) is 0 Å². The number of phenolic OH excluding ortho intramolecular Hbond substituents is 1. The highest BCUT2D eigenvalue weighted by molar-refractivity contribution is 6.37. The molecule has 1 heterocycles. The first-order valence-corrected chi connectivity index (χ1v) is 6.60. The molecule has 0 saturated heterocycles. The van der Waals surface area contributed by atoms with E-state index in [1.807, 2.05) is 12.1 Å². The summed E-state index contributed by atoms with van der Waals surface area (Å²) in [5.41, 5.74) is 1.08. The molecular formula is C14H19N3O2. The van der Waals surface area contributed by atoms with Gasteiger partial charge in [0.1, 0.15) is 5.75 Å². The van der Waals surface area contributed by atoms with Gasteiger partial charge in [0.05, 0.1) is 0 Å². The second kappa shape index (κ2) is 6.78. The lowest BCUT2D eigenvalue weighted by Crippen LogP contribution is -2.40. The number of nitrogens with zero attached hydrogens (tertiary/aromatic N) is 1. The van der Waals surface area contributed by atoms with Crippen LogP contribution in [-0.2, 0) is 11.2 Å². The molecule has 1 aromatic rings. The van der Waals surface area contributed by atoms with Gasteiger partial charge >= 0.3 is 0 Å². The van der Waals surface area contributed by atoms with Crippen molar-refractivity contribution >= 4 is 11.7 Å². The third-order valence-corrected chi connectivity index (χ3v) is 3.00. The van der Waals surface area contributed by atoms with Crippen molar-refractivity contribution in [3.63, 3.8) is 0 Å². The Bertz CT molecular complexity index is 454. The molecule has 1 aliphatic heterocycles. The van der Waals surface area contributed by atoms with Gasteiger partial charge in [-0.15, -0.1) is 0 Å². The Hall–Kier alpha value is -2.04. The molecule has 0 fully saturated rings. The van der Waals surface area contributed by atoms with E-state index in [0.29, 0.717) is 18.9 Å². The standard InChI is InChI=1S/C14H19N3O2/c18-12-5-3-11(4-6-12)7-10-17-14(19)13-15-8-1-2-9-16-13/h3-6,18H,1-2,7-10H2,(H,15,16)(H,17,19). The zero-order chi connectivity index (χ0) is 13.5. The summed E-state index contributed by atoms with van der Waals surface area (Å²) in [6.45, 7) is 2.09. The average Bonchev–Trinajstić information content (AvgIpc) is 2.70. The van der Waals surface area contributed by atoms with Crippen LogP contribution in [0.25, 0.3) is 0 Å². The van der Waals surface area contributed by atoms with Crippen LogP contribution < -0.4 is 10.6 Å². The van der Waals surface area contributed by atoms with E-state index in [9.17, 15) is 9.90 Å². The van der Waals surface area contributed by atoms with E-state index < -0.39 is 0 Å². The summed E-state index contributed by atoms with van der Waals surface area (Å²) in [4.78, 5) is 16.1. The van der Waals surface area contributed by atoms with Crippen LogP contribution in [0, 0.1) is 0 Å². The second-order valence-corrected chi connectivity index (χ2v) is 4.54. The Labute approximate surface area is 112 Å². The number of carbonyl (C=O) groups excluding carboxylic acids is 1. The lowest BCUT2D eigenvalue weighted by Gasteiger charge is -2.08. The fourth-order valence-corrected chi connectivity index (χ4v) is 1.91. The topological polar surface area (TPSA) is 73.7 Å². The predicted octanol–water partition coefficient (Wildman–Crippen LogP) is 0.833. The van der Waals surface area contributed by atoms with E-state index >= 15 is 0 Å². The summed E-state index contributed by atoms with van der Waals surface area (Å²) in [5.74, 6) is 0.564. The number of benzene rings is 1. The molecule has 1 aromatic carbocycles. The van der Waals surface area contributed by atoms with Crippen molar-refractivity contribution in [1.29, 1.82) is 0 Å². The monoisotopic (exact) mass is 261 g/mol. The number of amidine groups is 1. The lowest BCUT2D eigenvalue weighted by atomic mass is 10.1. The minimum absolute atomic E-state index is 0.138. The molecule has 0 radical (unpaired) electrons. The van der Waals surface area contributed by atoms with Crippen LogP contribution in [0.1, 0.15) is 18.4 Å². The van der Waals surface area contributed by atoms with Crippen LogP contribution in [0.4, 0.5) is 0 Å². The lowest BCUT2D eigenvalue weighted by molar-refractivity contribution is -0.115. The highest BCUT2D eigenvalue weighted by atomic mass is 16.3. The van der Waals surface area contributed by atoms with Gasteiger partial charge in [-0.3, -0.25) is 9.79 Å². The Morgan fingerprint density at radius 3 is 2.89 bits per heavy atom.